The summed E-state index contributed by atoms with van der Waals surface area (Å²) in [7, 11) is 0. The molecule has 1 unspecified atom stereocenters. The molecule has 2 amide bonds. The first-order valence-electron chi connectivity index (χ1n) is 7.51. The molecular formula is C16H20N2O3. The highest BCUT2D eigenvalue weighted by Crippen LogP contribution is 2.36. The van der Waals surface area contributed by atoms with Crippen molar-refractivity contribution < 1.29 is 14.3 Å². The zero-order valence-corrected chi connectivity index (χ0v) is 12.0. The van der Waals surface area contributed by atoms with Gasteiger partial charge in [-0.05, 0) is 37.3 Å². The molecule has 5 nitrogen and oxygen atoms in total. The minimum Gasteiger partial charge on any atom is -0.494 e. The van der Waals surface area contributed by atoms with Crippen molar-refractivity contribution in [2.24, 2.45) is 5.92 Å². The fraction of sp³-hybridized carbons (Fsp3) is 0.500. The van der Waals surface area contributed by atoms with E-state index in [2.05, 4.69) is 5.32 Å². The van der Waals surface area contributed by atoms with E-state index in [1.165, 1.54) is 0 Å². The van der Waals surface area contributed by atoms with E-state index in [9.17, 15) is 9.59 Å². The predicted molar refractivity (Wildman–Crippen MR) is 77.8 cm³/mol. The first-order chi connectivity index (χ1) is 10.3. The number of para-hydroxylation sites is 1. The Morgan fingerprint density at radius 2 is 1.95 bits per heavy atom. The number of ether oxygens (including phenoxy) is 1. The Labute approximate surface area is 124 Å². The van der Waals surface area contributed by atoms with Crippen LogP contribution in [0.15, 0.2) is 30.3 Å². The van der Waals surface area contributed by atoms with E-state index in [4.69, 9.17) is 4.74 Å². The van der Waals surface area contributed by atoms with Crippen molar-refractivity contribution in [1.82, 2.24) is 10.2 Å². The van der Waals surface area contributed by atoms with Gasteiger partial charge >= 0.3 is 0 Å². The number of benzene rings is 1. The first kappa shape index (κ1) is 13.9. The Balaban J connectivity index is 1.50. The van der Waals surface area contributed by atoms with Crippen LogP contribution in [0.5, 0.6) is 5.75 Å². The van der Waals surface area contributed by atoms with Gasteiger partial charge in [0.05, 0.1) is 13.2 Å². The fourth-order valence-corrected chi connectivity index (χ4v) is 2.75. The normalized spacial score (nSPS) is 22.1. The number of nitrogens with zero attached hydrogens (tertiary/aromatic N) is 1. The molecule has 1 aliphatic heterocycles. The van der Waals surface area contributed by atoms with Crippen LogP contribution in [0.1, 0.15) is 19.3 Å². The maximum Gasteiger partial charge on any atom is 0.243 e. The van der Waals surface area contributed by atoms with Gasteiger partial charge < -0.3 is 15.0 Å². The molecule has 1 saturated heterocycles. The van der Waals surface area contributed by atoms with Crippen molar-refractivity contribution >= 4 is 11.8 Å². The van der Waals surface area contributed by atoms with Gasteiger partial charge in [0.15, 0.2) is 0 Å². The maximum atomic E-state index is 12.0. The number of rotatable bonds is 6. The van der Waals surface area contributed by atoms with Crippen molar-refractivity contribution in [3.05, 3.63) is 30.3 Å². The monoisotopic (exact) mass is 288 g/mol. The molecule has 2 fully saturated rings. The summed E-state index contributed by atoms with van der Waals surface area (Å²) in [6.07, 6.45) is 2.82. The molecule has 2 aliphatic rings. The number of hydrogen-bond donors (Lipinski definition) is 1. The lowest BCUT2D eigenvalue weighted by molar-refractivity contribution is -0.146. The summed E-state index contributed by atoms with van der Waals surface area (Å²) in [5, 5.41) is 2.69. The molecular weight excluding hydrogens is 268 g/mol. The smallest absolute Gasteiger partial charge is 0.243 e. The second-order valence-corrected chi connectivity index (χ2v) is 5.60. The number of piperazine rings is 1. The third kappa shape index (κ3) is 3.35. The quantitative estimate of drug-likeness (QED) is 0.800. The lowest BCUT2D eigenvalue weighted by atomic mass is 10.1. The molecule has 1 aliphatic carbocycles. The van der Waals surface area contributed by atoms with Crippen molar-refractivity contribution in [2.75, 3.05) is 19.7 Å². The fourth-order valence-electron chi connectivity index (χ4n) is 2.75. The Kier molecular flexibility index (Phi) is 4.08. The van der Waals surface area contributed by atoms with Gasteiger partial charge in [0.25, 0.3) is 0 Å². The van der Waals surface area contributed by atoms with Crippen LogP contribution < -0.4 is 10.1 Å². The van der Waals surface area contributed by atoms with Gasteiger partial charge in [-0.15, -0.1) is 0 Å². The second kappa shape index (κ2) is 6.16. The average Bonchev–Trinajstić information content (AvgIpc) is 3.32. The third-order valence-electron chi connectivity index (χ3n) is 3.96. The molecule has 112 valence electrons. The van der Waals surface area contributed by atoms with Crippen LogP contribution in [-0.4, -0.2) is 42.5 Å². The first-order valence-corrected chi connectivity index (χ1v) is 7.51. The van der Waals surface area contributed by atoms with Gasteiger partial charge in [0.2, 0.25) is 11.8 Å². The summed E-state index contributed by atoms with van der Waals surface area (Å²) in [6.45, 7) is 1.26. The minimum atomic E-state index is -0.261. The predicted octanol–water partition coefficient (Wildman–Crippen LogP) is 1.19. The van der Waals surface area contributed by atoms with Crippen molar-refractivity contribution in [2.45, 2.75) is 25.3 Å². The highest BCUT2D eigenvalue weighted by atomic mass is 16.5. The third-order valence-corrected chi connectivity index (χ3v) is 3.96. The van der Waals surface area contributed by atoms with Crippen LogP contribution >= 0.6 is 0 Å². The molecule has 1 atom stereocenters. The standard InChI is InChI=1S/C16H20N2O3/c19-14-11-17-16(20)15(12-7-8-12)18(14)9-4-10-21-13-5-2-1-3-6-13/h1-3,5-6,12,15H,4,7-11H2,(H,17,20). The molecule has 3 rings (SSSR count). The van der Waals surface area contributed by atoms with Gasteiger partial charge in [-0.1, -0.05) is 18.2 Å². The second-order valence-electron chi connectivity index (χ2n) is 5.60. The van der Waals surface area contributed by atoms with Gasteiger partial charge in [0.1, 0.15) is 11.8 Å². The lowest BCUT2D eigenvalue weighted by Gasteiger charge is -2.35. The SMILES string of the molecule is O=C1NCC(=O)N(CCCOc2ccccc2)C1C1CC1. The van der Waals surface area contributed by atoms with E-state index in [-0.39, 0.29) is 24.4 Å². The highest BCUT2D eigenvalue weighted by molar-refractivity contribution is 5.95. The maximum absolute atomic E-state index is 12.0. The molecule has 5 heteroatoms. The number of carbonyl (C=O) groups is 2. The van der Waals surface area contributed by atoms with E-state index in [0.717, 1.165) is 25.0 Å². The van der Waals surface area contributed by atoms with Gasteiger partial charge in [-0.25, -0.2) is 0 Å². The summed E-state index contributed by atoms with van der Waals surface area (Å²) in [5.74, 6) is 1.20. The van der Waals surface area contributed by atoms with Crippen LogP contribution in [0.4, 0.5) is 0 Å². The molecule has 1 saturated carbocycles. The Morgan fingerprint density at radius 3 is 2.67 bits per heavy atom. The molecule has 1 aromatic carbocycles. The van der Waals surface area contributed by atoms with Gasteiger partial charge in [-0.3, -0.25) is 9.59 Å². The number of carbonyl (C=O) groups excluding carboxylic acids is 2. The van der Waals surface area contributed by atoms with E-state index in [0.29, 0.717) is 19.1 Å². The van der Waals surface area contributed by atoms with Crippen molar-refractivity contribution in [3.63, 3.8) is 0 Å². The van der Waals surface area contributed by atoms with Gasteiger partial charge in [0, 0.05) is 6.54 Å². The summed E-state index contributed by atoms with van der Waals surface area (Å²) in [5.41, 5.74) is 0. The topological polar surface area (TPSA) is 58.6 Å². The summed E-state index contributed by atoms with van der Waals surface area (Å²) in [4.78, 5) is 25.7. The average molecular weight is 288 g/mol. The van der Waals surface area contributed by atoms with Crippen LogP contribution in [0.25, 0.3) is 0 Å². The van der Waals surface area contributed by atoms with Crippen molar-refractivity contribution in [3.8, 4) is 5.75 Å². The summed E-state index contributed by atoms with van der Waals surface area (Å²) < 4.78 is 5.63. The molecule has 0 radical (unpaired) electrons. The molecule has 0 aromatic heterocycles. The Bertz CT molecular complexity index is 514. The number of amides is 2. The van der Waals surface area contributed by atoms with Crippen LogP contribution in [0, 0.1) is 5.92 Å². The molecule has 0 spiro atoms. The molecule has 1 N–H and O–H groups in total. The largest absolute Gasteiger partial charge is 0.494 e. The minimum absolute atomic E-state index is 0.000998. The van der Waals surface area contributed by atoms with Gasteiger partial charge in [-0.2, -0.15) is 0 Å². The molecule has 21 heavy (non-hydrogen) atoms. The molecule has 1 heterocycles. The van der Waals surface area contributed by atoms with Crippen molar-refractivity contribution in [1.29, 1.82) is 0 Å². The zero-order valence-electron chi connectivity index (χ0n) is 12.0. The van der Waals surface area contributed by atoms with E-state index in [1.807, 2.05) is 30.3 Å². The van der Waals surface area contributed by atoms with Crippen LogP contribution in [0.2, 0.25) is 0 Å². The highest BCUT2D eigenvalue weighted by Gasteiger charge is 2.44. The lowest BCUT2D eigenvalue weighted by Crippen LogP contribution is -2.59. The summed E-state index contributed by atoms with van der Waals surface area (Å²) >= 11 is 0. The zero-order chi connectivity index (χ0) is 14.7. The molecule has 0 bridgehead atoms. The Morgan fingerprint density at radius 1 is 1.19 bits per heavy atom. The van der Waals surface area contributed by atoms with Crippen LogP contribution in [0.3, 0.4) is 0 Å². The van der Waals surface area contributed by atoms with E-state index >= 15 is 0 Å². The van der Waals surface area contributed by atoms with E-state index in [1.54, 1.807) is 4.90 Å². The number of nitrogens with one attached hydrogen (secondary N) is 1. The summed E-state index contributed by atoms with van der Waals surface area (Å²) in [6, 6.07) is 9.35. The molecule has 1 aromatic rings. The van der Waals surface area contributed by atoms with Crippen LogP contribution in [-0.2, 0) is 9.59 Å². The van der Waals surface area contributed by atoms with E-state index < -0.39 is 0 Å². The number of hydrogen-bond acceptors (Lipinski definition) is 3. The Hall–Kier alpha value is -2.04.